The number of carbonyl (C=O) groups excluding carboxylic acids is 2. The molecule has 0 aliphatic heterocycles. The number of hydrogen-bond acceptors (Lipinski definition) is 4. The molecule has 88 valence electrons. The maximum absolute atomic E-state index is 11.2. The summed E-state index contributed by atoms with van der Waals surface area (Å²) < 4.78 is 4.92. The lowest BCUT2D eigenvalue weighted by Crippen LogP contribution is -2.63. The van der Waals surface area contributed by atoms with Crippen molar-refractivity contribution in [3.05, 3.63) is 0 Å². The Balaban J connectivity index is 0.000000423. The molecule has 1 aliphatic carbocycles. The molecule has 0 heterocycles. The molecule has 15 heavy (non-hydrogen) atoms. The molecule has 0 spiro atoms. The van der Waals surface area contributed by atoms with Crippen molar-refractivity contribution < 1.29 is 25.2 Å². The molecule has 0 radical (unpaired) electrons. The predicted molar refractivity (Wildman–Crippen MR) is 51.3 cm³/mol. The molecule has 5 heteroatoms. The maximum atomic E-state index is 11.2. The first-order chi connectivity index (χ1) is 6.99. The number of quaternary nitrogens is 1. The zero-order valence-corrected chi connectivity index (χ0v) is 9.32. The third-order valence-electron chi connectivity index (χ3n) is 2.25. The van der Waals surface area contributed by atoms with Gasteiger partial charge in [-0.05, 0) is 26.7 Å². The highest BCUT2D eigenvalue weighted by molar-refractivity contribution is 5.73. The Kier molecular flexibility index (Phi) is 6.70. The van der Waals surface area contributed by atoms with Crippen LogP contribution in [-0.4, -0.2) is 24.6 Å². The van der Waals surface area contributed by atoms with Gasteiger partial charge in [-0.2, -0.15) is 0 Å². The highest BCUT2D eigenvalue weighted by atomic mass is 16.5. The van der Waals surface area contributed by atoms with Crippen LogP contribution in [0.25, 0.3) is 0 Å². The fourth-order valence-electron chi connectivity index (χ4n) is 1.60. The number of carboxylic acids is 1. The quantitative estimate of drug-likeness (QED) is 0.583. The molecule has 5 nitrogen and oxygen atoms in total. The van der Waals surface area contributed by atoms with Crippen molar-refractivity contribution >= 4 is 11.9 Å². The van der Waals surface area contributed by atoms with Crippen LogP contribution in [-0.2, 0) is 14.3 Å². The van der Waals surface area contributed by atoms with Crippen molar-refractivity contribution in [2.45, 2.75) is 39.2 Å². The molecule has 0 aromatic carbocycles. The van der Waals surface area contributed by atoms with Crippen molar-refractivity contribution in [3.8, 4) is 0 Å². The zero-order valence-electron chi connectivity index (χ0n) is 9.32. The number of carbonyl (C=O) groups is 2. The second-order valence-corrected chi connectivity index (χ2v) is 3.54. The Bertz CT molecular complexity index is 213. The lowest BCUT2D eigenvalue weighted by Gasteiger charge is -2.10. The average molecular weight is 217 g/mol. The number of aliphatic carboxylic acids is 1. The Labute approximate surface area is 89.6 Å². The van der Waals surface area contributed by atoms with Crippen molar-refractivity contribution in [2.24, 2.45) is 5.92 Å². The molecule has 1 unspecified atom stereocenters. The molecular formula is C10H19NO4. The summed E-state index contributed by atoms with van der Waals surface area (Å²) in [5.74, 6) is -1.06. The zero-order chi connectivity index (χ0) is 11.8. The van der Waals surface area contributed by atoms with Crippen LogP contribution in [0, 0.1) is 5.92 Å². The maximum Gasteiger partial charge on any atom is 0.314 e. The molecule has 2 atom stereocenters. The normalized spacial score (nSPS) is 23.9. The van der Waals surface area contributed by atoms with Gasteiger partial charge in [0, 0.05) is 12.4 Å². The second kappa shape index (κ2) is 7.23. The number of ether oxygens (including phenoxy) is 1. The Morgan fingerprint density at radius 3 is 2.33 bits per heavy atom. The summed E-state index contributed by atoms with van der Waals surface area (Å²) in [6.45, 7) is 3.30. The summed E-state index contributed by atoms with van der Waals surface area (Å²) in [4.78, 5) is 20.1. The predicted octanol–water partition coefficient (Wildman–Crippen LogP) is -1.28. The average Bonchev–Trinajstić information content (AvgIpc) is 2.50. The van der Waals surface area contributed by atoms with E-state index in [4.69, 9.17) is 14.6 Å². The Hall–Kier alpha value is -1.10. The largest absolute Gasteiger partial charge is 0.550 e. The van der Waals surface area contributed by atoms with E-state index in [1.54, 1.807) is 0 Å². The van der Waals surface area contributed by atoms with Crippen LogP contribution in [0.3, 0.4) is 0 Å². The molecule has 3 N–H and O–H groups in total. The Morgan fingerprint density at radius 1 is 1.47 bits per heavy atom. The first-order valence-electron chi connectivity index (χ1n) is 5.16. The summed E-state index contributed by atoms with van der Waals surface area (Å²) in [5, 5.41) is 8.89. The number of esters is 1. The van der Waals surface area contributed by atoms with Crippen molar-refractivity contribution in [3.63, 3.8) is 0 Å². The fraction of sp³-hybridized carbons (Fsp3) is 0.800. The van der Waals surface area contributed by atoms with Gasteiger partial charge < -0.3 is 20.4 Å². The van der Waals surface area contributed by atoms with Gasteiger partial charge in [0.15, 0.2) is 0 Å². The van der Waals surface area contributed by atoms with E-state index < -0.39 is 5.97 Å². The summed E-state index contributed by atoms with van der Waals surface area (Å²) in [6.07, 6.45) is 3.16. The number of carboxylic acid groups (broad SMARTS) is 1. The van der Waals surface area contributed by atoms with Crippen LogP contribution in [0.5, 0.6) is 0 Å². The molecular weight excluding hydrogens is 198 g/mol. The van der Waals surface area contributed by atoms with Crippen LogP contribution < -0.4 is 10.8 Å². The van der Waals surface area contributed by atoms with Gasteiger partial charge in [-0.15, -0.1) is 0 Å². The third-order valence-corrected chi connectivity index (χ3v) is 2.25. The topological polar surface area (TPSA) is 94.1 Å². The molecule has 0 bridgehead atoms. The van der Waals surface area contributed by atoms with Crippen LogP contribution in [0.15, 0.2) is 0 Å². The van der Waals surface area contributed by atoms with Gasteiger partial charge in [0.05, 0.1) is 12.6 Å². The summed E-state index contributed by atoms with van der Waals surface area (Å²) >= 11 is 0. The van der Waals surface area contributed by atoms with Crippen LogP contribution >= 0.6 is 0 Å². The lowest BCUT2D eigenvalue weighted by molar-refractivity contribution is -0.425. The minimum atomic E-state index is -1.08. The molecule has 0 amide bonds. The van der Waals surface area contributed by atoms with Gasteiger partial charge >= 0.3 is 5.97 Å². The van der Waals surface area contributed by atoms with E-state index in [0.717, 1.165) is 26.2 Å². The summed E-state index contributed by atoms with van der Waals surface area (Å²) in [6, 6.07) is 0.286. The van der Waals surface area contributed by atoms with E-state index in [-0.39, 0.29) is 17.9 Å². The van der Waals surface area contributed by atoms with E-state index >= 15 is 0 Å². The molecule has 0 aromatic rings. The lowest BCUT2D eigenvalue weighted by atomic mass is 10.1. The molecule has 1 aliphatic rings. The van der Waals surface area contributed by atoms with E-state index in [2.05, 4.69) is 5.73 Å². The van der Waals surface area contributed by atoms with E-state index in [1.165, 1.54) is 0 Å². The van der Waals surface area contributed by atoms with Crippen LogP contribution in [0.4, 0.5) is 0 Å². The molecule has 0 aromatic heterocycles. The van der Waals surface area contributed by atoms with Crippen molar-refractivity contribution in [1.29, 1.82) is 0 Å². The van der Waals surface area contributed by atoms with Gasteiger partial charge in [-0.1, -0.05) is 0 Å². The first kappa shape index (κ1) is 13.9. The van der Waals surface area contributed by atoms with Crippen molar-refractivity contribution in [2.75, 3.05) is 6.61 Å². The second-order valence-electron chi connectivity index (χ2n) is 3.54. The first-order valence-corrected chi connectivity index (χ1v) is 5.16. The van der Waals surface area contributed by atoms with Gasteiger partial charge in [0.1, 0.15) is 5.92 Å². The SMILES string of the molecule is CC(=O)[O-].CCOC(=O)C1CCC[C@H]1[NH3+]. The molecule has 0 saturated heterocycles. The molecule has 1 fully saturated rings. The van der Waals surface area contributed by atoms with Crippen LogP contribution in [0.1, 0.15) is 33.1 Å². The Morgan fingerprint density at radius 2 is 2.00 bits per heavy atom. The monoisotopic (exact) mass is 217 g/mol. The van der Waals surface area contributed by atoms with E-state index in [1.807, 2.05) is 6.92 Å². The number of rotatable bonds is 2. The standard InChI is InChI=1S/C8H15NO2.C2H4O2/c1-2-11-8(10)6-4-3-5-7(6)9;1-2(3)4/h6-7H,2-5,9H2,1H3;1H3,(H,3,4)/t6?,7-;/m1./s1. The van der Waals surface area contributed by atoms with Crippen molar-refractivity contribution in [1.82, 2.24) is 0 Å². The fourth-order valence-corrected chi connectivity index (χ4v) is 1.60. The molecule has 1 rings (SSSR count). The molecule has 1 saturated carbocycles. The van der Waals surface area contributed by atoms with E-state index in [9.17, 15) is 4.79 Å². The summed E-state index contributed by atoms with van der Waals surface area (Å²) in [7, 11) is 0. The minimum Gasteiger partial charge on any atom is -0.550 e. The highest BCUT2D eigenvalue weighted by Crippen LogP contribution is 2.23. The smallest absolute Gasteiger partial charge is 0.314 e. The summed E-state index contributed by atoms with van der Waals surface area (Å²) in [5.41, 5.74) is 3.92. The third kappa shape index (κ3) is 6.06. The van der Waals surface area contributed by atoms with Gasteiger partial charge in [-0.25, -0.2) is 0 Å². The van der Waals surface area contributed by atoms with Crippen LogP contribution in [0.2, 0.25) is 0 Å². The van der Waals surface area contributed by atoms with Gasteiger partial charge in [0.25, 0.3) is 0 Å². The minimum absolute atomic E-state index is 0.0509. The van der Waals surface area contributed by atoms with Gasteiger partial charge in [0.2, 0.25) is 0 Å². The number of hydrogen-bond donors (Lipinski definition) is 1. The highest BCUT2D eigenvalue weighted by Gasteiger charge is 2.34. The van der Waals surface area contributed by atoms with Gasteiger partial charge in [-0.3, -0.25) is 4.79 Å². The van der Waals surface area contributed by atoms with E-state index in [0.29, 0.717) is 6.61 Å².